The molecule has 3 heterocycles. The zero-order chi connectivity index (χ0) is 24.1. The Kier molecular flexibility index (Phi) is 7.00. The van der Waals surface area contributed by atoms with Gasteiger partial charge in [-0.3, -0.25) is 24.2 Å². The van der Waals surface area contributed by atoms with Crippen LogP contribution in [0.1, 0.15) is 33.7 Å². The molecule has 2 unspecified atom stereocenters. The van der Waals surface area contributed by atoms with Gasteiger partial charge in [0, 0.05) is 37.6 Å². The molecule has 2 aromatic rings. The Morgan fingerprint density at radius 1 is 1.12 bits per heavy atom. The zero-order valence-electron chi connectivity index (χ0n) is 18.8. The number of nitrogens with one attached hydrogen (secondary N) is 2. The fourth-order valence-corrected chi connectivity index (χ4v) is 4.08. The van der Waals surface area contributed by atoms with Gasteiger partial charge in [0.05, 0.1) is 19.9 Å². The highest BCUT2D eigenvalue weighted by Gasteiger charge is 2.39. The summed E-state index contributed by atoms with van der Waals surface area (Å²) in [5.74, 6) is -0.856. The number of benzene rings is 1. The van der Waals surface area contributed by atoms with Gasteiger partial charge in [0.25, 0.3) is 11.8 Å². The summed E-state index contributed by atoms with van der Waals surface area (Å²) < 4.78 is 5.15. The lowest BCUT2D eigenvalue weighted by molar-refractivity contribution is -0.133. The van der Waals surface area contributed by atoms with E-state index in [2.05, 4.69) is 20.6 Å². The second-order valence-corrected chi connectivity index (χ2v) is 8.08. The largest absolute Gasteiger partial charge is 0.497 e. The maximum Gasteiger partial charge on any atom is 0.274 e. The molecule has 178 valence electrons. The molecule has 2 aliphatic rings. The van der Waals surface area contributed by atoms with E-state index in [0.717, 1.165) is 6.42 Å². The first-order valence-corrected chi connectivity index (χ1v) is 11.1. The number of nitrogens with zero attached hydrogens (tertiary/aromatic N) is 4. The second-order valence-electron chi connectivity index (χ2n) is 8.08. The molecule has 0 spiro atoms. The van der Waals surface area contributed by atoms with Crippen LogP contribution in [0.2, 0.25) is 0 Å². The van der Waals surface area contributed by atoms with E-state index in [-0.39, 0.29) is 43.0 Å². The van der Waals surface area contributed by atoms with Gasteiger partial charge < -0.3 is 25.2 Å². The van der Waals surface area contributed by atoms with Crippen molar-refractivity contribution in [1.82, 2.24) is 30.4 Å². The molecule has 2 saturated heterocycles. The zero-order valence-corrected chi connectivity index (χ0v) is 18.8. The van der Waals surface area contributed by atoms with Gasteiger partial charge in [-0.25, -0.2) is 4.98 Å². The SMILES string of the molecule is COc1ccc(C(=O)N2CCN(C(=O)c3cnccn3)CC2C(=O)NC2CCCNC2=O)cc1. The first kappa shape index (κ1) is 23.1. The molecule has 11 heteroatoms. The van der Waals surface area contributed by atoms with Gasteiger partial charge in [-0.15, -0.1) is 0 Å². The quantitative estimate of drug-likeness (QED) is 0.626. The van der Waals surface area contributed by atoms with Gasteiger partial charge in [0.15, 0.2) is 0 Å². The molecular weight excluding hydrogens is 440 g/mol. The molecule has 2 aliphatic heterocycles. The van der Waals surface area contributed by atoms with Gasteiger partial charge in [-0.2, -0.15) is 0 Å². The summed E-state index contributed by atoms with van der Waals surface area (Å²) in [6, 6.07) is 4.94. The number of methoxy groups -OCH3 is 1. The van der Waals surface area contributed by atoms with Crippen molar-refractivity contribution in [3.63, 3.8) is 0 Å². The number of piperazine rings is 1. The van der Waals surface area contributed by atoms with Gasteiger partial charge in [0.2, 0.25) is 11.8 Å². The summed E-state index contributed by atoms with van der Waals surface area (Å²) in [5.41, 5.74) is 0.547. The van der Waals surface area contributed by atoms with Crippen molar-refractivity contribution >= 4 is 23.6 Å². The topological polar surface area (TPSA) is 134 Å². The first-order valence-electron chi connectivity index (χ1n) is 11.1. The van der Waals surface area contributed by atoms with Crippen molar-refractivity contribution in [3.05, 3.63) is 54.1 Å². The summed E-state index contributed by atoms with van der Waals surface area (Å²) in [5, 5.41) is 5.50. The van der Waals surface area contributed by atoms with E-state index < -0.39 is 18.0 Å². The van der Waals surface area contributed by atoms with Crippen LogP contribution in [0, 0.1) is 0 Å². The lowest BCUT2D eigenvalue weighted by atomic mass is 10.0. The Morgan fingerprint density at radius 3 is 2.59 bits per heavy atom. The van der Waals surface area contributed by atoms with Crippen molar-refractivity contribution in [1.29, 1.82) is 0 Å². The number of rotatable bonds is 5. The third-order valence-corrected chi connectivity index (χ3v) is 5.95. The van der Waals surface area contributed by atoms with Crippen LogP contribution in [-0.2, 0) is 9.59 Å². The maximum absolute atomic E-state index is 13.3. The van der Waals surface area contributed by atoms with Gasteiger partial charge in [-0.05, 0) is 37.1 Å². The number of hydrogen-bond donors (Lipinski definition) is 2. The summed E-state index contributed by atoms with van der Waals surface area (Å²) in [7, 11) is 1.53. The Morgan fingerprint density at radius 2 is 1.91 bits per heavy atom. The number of hydrogen-bond acceptors (Lipinski definition) is 7. The van der Waals surface area contributed by atoms with Crippen molar-refractivity contribution in [2.45, 2.75) is 24.9 Å². The van der Waals surface area contributed by atoms with Crippen LogP contribution in [0.15, 0.2) is 42.9 Å². The van der Waals surface area contributed by atoms with Crippen molar-refractivity contribution < 1.29 is 23.9 Å². The lowest BCUT2D eigenvalue weighted by Crippen LogP contribution is -2.63. The normalized spacial score (nSPS) is 20.3. The fraction of sp³-hybridized carbons (Fsp3) is 0.391. The van der Waals surface area contributed by atoms with Crippen LogP contribution >= 0.6 is 0 Å². The van der Waals surface area contributed by atoms with E-state index in [0.29, 0.717) is 24.3 Å². The van der Waals surface area contributed by atoms with Crippen LogP contribution in [0.4, 0.5) is 0 Å². The monoisotopic (exact) mass is 466 g/mol. The maximum atomic E-state index is 13.3. The summed E-state index contributed by atoms with van der Waals surface area (Å²) in [4.78, 5) is 62.6. The lowest BCUT2D eigenvalue weighted by Gasteiger charge is -2.41. The molecule has 4 rings (SSSR count). The number of amides is 4. The van der Waals surface area contributed by atoms with E-state index >= 15 is 0 Å². The predicted molar refractivity (Wildman–Crippen MR) is 120 cm³/mol. The number of aromatic nitrogens is 2. The Labute approximate surface area is 196 Å². The summed E-state index contributed by atoms with van der Waals surface area (Å²) in [6.07, 6.45) is 5.50. The molecule has 34 heavy (non-hydrogen) atoms. The highest BCUT2D eigenvalue weighted by molar-refractivity contribution is 5.99. The van der Waals surface area contributed by atoms with Crippen LogP contribution < -0.4 is 15.4 Å². The minimum atomic E-state index is -0.973. The Bertz CT molecular complexity index is 1060. The van der Waals surface area contributed by atoms with Crippen LogP contribution in [0.3, 0.4) is 0 Å². The molecule has 0 aliphatic carbocycles. The molecule has 1 aromatic carbocycles. The summed E-state index contributed by atoms with van der Waals surface area (Å²) >= 11 is 0. The second kappa shape index (κ2) is 10.3. The third kappa shape index (κ3) is 4.98. The molecule has 2 N–H and O–H groups in total. The van der Waals surface area contributed by atoms with Crippen molar-refractivity contribution in [2.24, 2.45) is 0 Å². The number of piperidine rings is 1. The van der Waals surface area contributed by atoms with E-state index in [1.165, 1.54) is 35.5 Å². The van der Waals surface area contributed by atoms with Gasteiger partial charge in [0.1, 0.15) is 23.5 Å². The molecule has 2 fully saturated rings. The van der Waals surface area contributed by atoms with Crippen LogP contribution in [0.25, 0.3) is 0 Å². The molecular formula is C23H26N6O5. The molecule has 2 atom stereocenters. The smallest absolute Gasteiger partial charge is 0.274 e. The van der Waals surface area contributed by atoms with E-state index in [1.807, 2.05) is 0 Å². The third-order valence-electron chi connectivity index (χ3n) is 5.95. The number of carbonyl (C=O) groups is 4. The van der Waals surface area contributed by atoms with Crippen LogP contribution in [-0.4, -0.2) is 88.8 Å². The van der Waals surface area contributed by atoms with Crippen molar-refractivity contribution in [3.8, 4) is 5.75 Å². The van der Waals surface area contributed by atoms with Crippen LogP contribution in [0.5, 0.6) is 5.75 Å². The average Bonchev–Trinajstić information content (AvgIpc) is 2.89. The Balaban J connectivity index is 1.56. The van der Waals surface area contributed by atoms with Crippen molar-refractivity contribution in [2.75, 3.05) is 33.3 Å². The molecule has 0 bridgehead atoms. The number of carbonyl (C=O) groups excluding carboxylic acids is 4. The van der Waals surface area contributed by atoms with E-state index in [4.69, 9.17) is 4.74 Å². The standard InChI is InChI=1S/C23H26N6O5/c1-34-16-6-4-15(5-7-16)22(32)29-12-11-28(23(33)18-13-24-9-10-25-18)14-19(29)21(31)27-17-3-2-8-26-20(17)30/h4-7,9-10,13,17,19H,2-3,8,11-12,14H2,1H3,(H,26,30)(H,27,31). The fourth-order valence-electron chi connectivity index (χ4n) is 4.08. The van der Waals surface area contributed by atoms with E-state index in [1.54, 1.807) is 24.3 Å². The minimum Gasteiger partial charge on any atom is -0.497 e. The minimum absolute atomic E-state index is 0.0303. The first-order chi connectivity index (χ1) is 16.5. The average molecular weight is 466 g/mol. The Hall–Kier alpha value is -4.02. The van der Waals surface area contributed by atoms with Gasteiger partial charge in [-0.1, -0.05) is 0 Å². The molecule has 0 saturated carbocycles. The number of ether oxygens (including phenoxy) is 1. The predicted octanol–water partition coefficient (Wildman–Crippen LogP) is -0.153. The summed E-state index contributed by atoms with van der Waals surface area (Å²) in [6.45, 7) is 0.908. The molecule has 4 amide bonds. The van der Waals surface area contributed by atoms with Gasteiger partial charge >= 0.3 is 0 Å². The molecule has 1 aromatic heterocycles. The highest BCUT2D eigenvalue weighted by atomic mass is 16.5. The highest BCUT2D eigenvalue weighted by Crippen LogP contribution is 2.19. The molecule has 11 nitrogen and oxygen atoms in total. The van der Waals surface area contributed by atoms with E-state index in [9.17, 15) is 19.2 Å². The molecule has 0 radical (unpaired) electrons.